The Morgan fingerprint density at radius 3 is 3.05 bits per heavy atom. The van der Waals surface area contributed by atoms with Crippen molar-refractivity contribution in [2.24, 2.45) is 5.10 Å². The van der Waals surface area contributed by atoms with Gasteiger partial charge in [0, 0.05) is 5.56 Å². The van der Waals surface area contributed by atoms with Crippen LogP contribution in [0.25, 0.3) is 0 Å². The molecule has 4 N–H and O–H groups in total. The van der Waals surface area contributed by atoms with E-state index in [1.165, 1.54) is 18.3 Å². The molecule has 1 aliphatic heterocycles. The maximum absolute atomic E-state index is 13.5. The SMILES string of the molecule is CC1NNC(=O)NC1N/N=C/c1c(F)cccc1Cl. The summed E-state index contributed by atoms with van der Waals surface area (Å²) in [7, 11) is 0. The smallest absolute Gasteiger partial charge is 0.314 e. The molecule has 102 valence electrons. The highest BCUT2D eigenvalue weighted by atomic mass is 35.5. The number of hydrogen-bond donors (Lipinski definition) is 4. The number of hydrogen-bond acceptors (Lipinski definition) is 4. The second kappa shape index (κ2) is 5.85. The first kappa shape index (κ1) is 13.6. The van der Waals surface area contributed by atoms with Gasteiger partial charge in [0.05, 0.1) is 17.3 Å². The Morgan fingerprint density at radius 2 is 2.32 bits per heavy atom. The minimum absolute atomic E-state index is 0.0917. The molecule has 19 heavy (non-hydrogen) atoms. The van der Waals surface area contributed by atoms with Gasteiger partial charge in [0.1, 0.15) is 12.0 Å². The lowest BCUT2D eigenvalue weighted by atomic mass is 10.2. The molecular weight excluding hydrogens is 273 g/mol. The van der Waals surface area contributed by atoms with Gasteiger partial charge in [0.15, 0.2) is 0 Å². The van der Waals surface area contributed by atoms with Crippen LogP contribution in [0.2, 0.25) is 5.02 Å². The number of nitrogens with zero attached hydrogens (tertiary/aromatic N) is 1. The van der Waals surface area contributed by atoms with Crippen LogP contribution in [0.1, 0.15) is 12.5 Å². The highest BCUT2D eigenvalue weighted by Crippen LogP contribution is 2.16. The van der Waals surface area contributed by atoms with Gasteiger partial charge in [-0.05, 0) is 19.1 Å². The molecule has 0 spiro atoms. The van der Waals surface area contributed by atoms with Gasteiger partial charge >= 0.3 is 6.03 Å². The number of carbonyl (C=O) groups is 1. The van der Waals surface area contributed by atoms with Gasteiger partial charge in [-0.1, -0.05) is 17.7 Å². The van der Waals surface area contributed by atoms with Crippen LogP contribution in [0.4, 0.5) is 9.18 Å². The van der Waals surface area contributed by atoms with Gasteiger partial charge in [-0.25, -0.2) is 14.6 Å². The molecule has 6 nitrogen and oxygen atoms in total. The number of benzene rings is 1. The van der Waals surface area contributed by atoms with Crippen LogP contribution in [0, 0.1) is 5.82 Å². The molecule has 1 aromatic carbocycles. The molecule has 0 aliphatic carbocycles. The molecule has 0 bridgehead atoms. The van der Waals surface area contributed by atoms with E-state index < -0.39 is 12.0 Å². The zero-order valence-corrected chi connectivity index (χ0v) is 10.8. The van der Waals surface area contributed by atoms with Crippen molar-refractivity contribution in [1.82, 2.24) is 21.6 Å². The highest BCUT2D eigenvalue weighted by molar-refractivity contribution is 6.33. The summed E-state index contributed by atoms with van der Waals surface area (Å²) < 4.78 is 13.5. The maximum atomic E-state index is 13.5. The number of carbonyl (C=O) groups excluding carboxylic acids is 1. The molecule has 2 atom stereocenters. The predicted molar refractivity (Wildman–Crippen MR) is 70.2 cm³/mol. The van der Waals surface area contributed by atoms with Crippen molar-refractivity contribution in [3.8, 4) is 0 Å². The van der Waals surface area contributed by atoms with Crippen molar-refractivity contribution < 1.29 is 9.18 Å². The van der Waals surface area contributed by atoms with E-state index in [2.05, 4.69) is 26.7 Å². The first-order valence-corrected chi connectivity index (χ1v) is 6.00. The molecule has 1 aliphatic rings. The summed E-state index contributed by atoms with van der Waals surface area (Å²) in [5, 5.41) is 6.78. The first-order chi connectivity index (χ1) is 9.08. The van der Waals surface area contributed by atoms with Crippen LogP contribution >= 0.6 is 11.6 Å². The predicted octanol–water partition coefficient (Wildman–Crippen LogP) is 0.935. The summed E-state index contributed by atoms with van der Waals surface area (Å²) in [5.74, 6) is -0.460. The molecule has 2 rings (SSSR count). The molecule has 0 aromatic heterocycles. The summed E-state index contributed by atoms with van der Waals surface area (Å²) in [6.45, 7) is 1.84. The molecule has 2 unspecified atom stereocenters. The van der Waals surface area contributed by atoms with E-state index in [-0.39, 0.29) is 22.7 Å². The van der Waals surface area contributed by atoms with Gasteiger partial charge in [-0.3, -0.25) is 10.9 Å². The molecule has 0 saturated carbocycles. The van der Waals surface area contributed by atoms with Gasteiger partial charge in [0.2, 0.25) is 0 Å². The van der Waals surface area contributed by atoms with Crippen LogP contribution in [0.3, 0.4) is 0 Å². The number of halogens is 2. The second-order valence-electron chi connectivity index (χ2n) is 4.03. The van der Waals surface area contributed by atoms with Crippen molar-refractivity contribution in [1.29, 1.82) is 0 Å². The molecule has 1 heterocycles. The van der Waals surface area contributed by atoms with Crippen molar-refractivity contribution in [2.75, 3.05) is 0 Å². The Morgan fingerprint density at radius 1 is 1.53 bits per heavy atom. The minimum atomic E-state index is -0.460. The van der Waals surface area contributed by atoms with Crippen LogP contribution in [-0.4, -0.2) is 24.5 Å². The standard InChI is InChI=1S/C11H13ClFN5O/c1-6-10(15-11(19)18-16-6)17-14-5-7-8(12)3-2-4-9(7)13/h2-6,10,16-17H,1H3,(H2,15,18,19)/b14-5+. The number of rotatable bonds is 3. The first-order valence-electron chi connectivity index (χ1n) is 5.62. The average Bonchev–Trinajstić information content (AvgIpc) is 2.37. The van der Waals surface area contributed by atoms with Gasteiger partial charge < -0.3 is 5.32 Å². The third kappa shape index (κ3) is 3.33. The topological polar surface area (TPSA) is 77.5 Å². The Balaban J connectivity index is 2.01. The van der Waals surface area contributed by atoms with Gasteiger partial charge in [-0.2, -0.15) is 5.10 Å². The normalized spacial score (nSPS) is 23.0. The molecule has 1 saturated heterocycles. The lowest BCUT2D eigenvalue weighted by molar-refractivity contribution is 0.202. The van der Waals surface area contributed by atoms with E-state index in [1.54, 1.807) is 6.07 Å². The number of hydrazone groups is 1. The van der Waals surface area contributed by atoms with Crippen molar-refractivity contribution in [3.63, 3.8) is 0 Å². The van der Waals surface area contributed by atoms with E-state index in [4.69, 9.17) is 11.6 Å². The van der Waals surface area contributed by atoms with Crippen LogP contribution in [0.15, 0.2) is 23.3 Å². The largest absolute Gasteiger partial charge is 0.330 e. The summed E-state index contributed by atoms with van der Waals surface area (Å²) >= 11 is 5.85. The van der Waals surface area contributed by atoms with Gasteiger partial charge in [-0.15, -0.1) is 0 Å². The Hall–Kier alpha value is -1.86. The van der Waals surface area contributed by atoms with E-state index in [9.17, 15) is 9.18 Å². The fraction of sp³-hybridized carbons (Fsp3) is 0.273. The molecule has 2 amide bonds. The summed E-state index contributed by atoms with van der Waals surface area (Å²) in [6.07, 6.45) is 0.869. The monoisotopic (exact) mass is 285 g/mol. The fourth-order valence-corrected chi connectivity index (χ4v) is 1.74. The third-order valence-corrected chi connectivity index (χ3v) is 2.94. The Kier molecular flexibility index (Phi) is 4.18. The molecule has 0 radical (unpaired) electrons. The lowest BCUT2D eigenvalue weighted by Gasteiger charge is -2.30. The number of urea groups is 1. The number of hydrazine groups is 1. The number of nitrogens with one attached hydrogen (secondary N) is 4. The van der Waals surface area contributed by atoms with Crippen molar-refractivity contribution in [3.05, 3.63) is 34.6 Å². The maximum Gasteiger partial charge on any atom is 0.330 e. The van der Waals surface area contributed by atoms with E-state index in [1.807, 2.05) is 6.92 Å². The van der Waals surface area contributed by atoms with E-state index in [0.717, 1.165) is 0 Å². The highest BCUT2D eigenvalue weighted by Gasteiger charge is 2.23. The Bertz CT molecular complexity index is 490. The van der Waals surface area contributed by atoms with Crippen molar-refractivity contribution in [2.45, 2.75) is 19.1 Å². The van der Waals surface area contributed by atoms with Crippen LogP contribution in [-0.2, 0) is 0 Å². The van der Waals surface area contributed by atoms with E-state index in [0.29, 0.717) is 0 Å². The molecular formula is C11H13ClFN5O. The average molecular weight is 286 g/mol. The van der Waals surface area contributed by atoms with Crippen LogP contribution < -0.4 is 21.6 Å². The Labute approximate surface area is 114 Å². The molecule has 1 aromatic rings. The summed E-state index contributed by atoms with van der Waals surface area (Å²) in [6, 6.07) is 3.92. The van der Waals surface area contributed by atoms with Gasteiger partial charge in [0.25, 0.3) is 0 Å². The fourth-order valence-electron chi connectivity index (χ4n) is 1.53. The molecule has 1 fully saturated rings. The van der Waals surface area contributed by atoms with Crippen molar-refractivity contribution >= 4 is 23.8 Å². The van der Waals surface area contributed by atoms with E-state index >= 15 is 0 Å². The summed E-state index contributed by atoms with van der Waals surface area (Å²) in [4.78, 5) is 11.1. The summed E-state index contributed by atoms with van der Waals surface area (Å²) in [5.41, 5.74) is 8.08. The zero-order valence-electron chi connectivity index (χ0n) is 10.1. The quantitative estimate of drug-likeness (QED) is 0.493. The minimum Gasteiger partial charge on any atom is -0.314 e. The molecule has 8 heteroatoms. The lowest BCUT2D eigenvalue weighted by Crippen LogP contribution is -2.67. The van der Waals surface area contributed by atoms with Crippen LogP contribution in [0.5, 0.6) is 0 Å². The third-order valence-electron chi connectivity index (χ3n) is 2.61. The second-order valence-corrected chi connectivity index (χ2v) is 4.44. The number of amides is 2. The zero-order chi connectivity index (χ0) is 13.8.